The lowest BCUT2D eigenvalue weighted by Crippen LogP contribution is -2.39. The number of carboxylic acids is 1. The zero-order chi connectivity index (χ0) is 14.5. The summed E-state index contributed by atoms with van der Waals surface area (Å²) < 4.78 is 0. The van der Waals surface area contributed by atoms with E-state index >= 15 is 0 Å². The molecule has 1 fully saturated rings. The topological polar surface area (TPSA) is 40.5 Å². The average molecular weight is 291 g/mol. The fourth-order valence-corrected chi connectivity index (χ4v) is 3.96. The minimum absolute atomic E-state index is 0.691. The highest BCUT2D eigenvalue weighted by molar-refractivity contribution is 8.00. The number of hydrogen-bond acceptors (Lipinski definition) is 3. The number of aliphatic carboxylic acids is 1. The minimum atomic E-state index is -0.914. The second kappa shape index (κ2) is 6.95. The summed E-state index contributed by atoms with van der Waals surface area (Å²) in [5.74, 6) is -0.914. The molecule has 0 aromatic heterocycles. The van der Waals surface area contributed by atoms with Crippen LogP contribution in [0.3, 0.4) is 0 Å². The number of rotatable bonds is 4. The summed E-state index contributed by atoms with van der Waals surface area (Å²) in [6.07, 6.45) is 2.79. The van der Waals surface area contributed by atoms with Crippen molar-refractivity contribution < 1.29 is 9.90 Å². The van der Waals surface area contributed by atoms with Crippen LogP contribution in [-0.4, -0.2) is 39.6 Å². The second-order valence-corrected chi connectivity index (χ2v) is 7.25. The van der Waals surface area contributed by atoms with Crippen molar-refractivity contribution in [3.05, 3.63) is 41.5 Å². The van der Waals surface area contributed by atoms with Crippen molar-refractivity contribution in [1.29, 1.82) is 0 Å². The highest BCUT2D eigenvalue weighted by Gasteiger charge is 2.21. The number of hydrogen-bond donors (Lipinski definition) is 1. The van der Waals surface area contributed by atoms with Crippen molar-refractivity contribution in [2.45, 2.75) is 30.9 Å². The van der Waals surface area contributed by atoms with E-state index in [0.29, 0.717) is 10.5 Å². The molecule has 2 rings (SSSR count). The number of thioether (sulfide) groups is 1. The van der Waals surface area contributed by atoms with Crippen LogP contribution in [0, 0.1) is 0 Å². The van der Waals surface area contributed by atoms with Gasteiger partial charge in [-0.15, -0.1) is 0 Å². The number of carbonyl (C=O) groups is 1. The predicted octanol–water partition coefficient (Wildman–Crippen LogP) is 3.11. The standard InChI is InChI=1S/C16H21NO2S/c1-12-9-17(10-13(2)20-12)11-15-5-3-14(4-6-15)7-8-16(18)19/h3-8,12-13H,9-11H2,1-2H3,(H,18,19). The minimum Gasteiger partial charge on any atom is -0.478 e. The Morgan fingerprint density at radius 2 is 1.90 bits per heavy atom. The maximum atomic E-state index is 10.5. The zero-order valence-electron chi connectivity index (χ0n) is 12.0. The van der Waals surface area contributed by atoms with Crippen molar-refractivity contribution in [1.82, 2.24) is 4.90 Å². The molecule has 0 radical (unpaired) electrons. The van der Waals surface area contributed by atoms with E-state index in [0.717, 1.165) is 25.2 Å². The van der Waals surface area contributed by atoms with Gasteiger partial charge in [0.15, 0.2) is 0 Å². The molecule has 0 saturated carbocycles. The summed E-state index contributed by atoms with van der Waals surface area (Å²) >= 11 is 2.06. The van der Waals surface area contributed by atoms with Gasteiger partial charge in [0.05, 0.1) is 0 Å². The van der Waals surface area contributed by atoms with Crippen molar-refractivity contribution in [2.75, 3.05) is 13.1 Å². The van der Waals surface area contributed by atoms with Crippen molar-refractivity contribution >= 4 is 23.8 Å². The van der Waals surface area contributed by atoms with E-state index in [1.54, 1.807) is 6.08 Å². The maximum absolute atomic E-state index is 10.5. The molecule has 20 heavy (non-hydrogen) atoms. The second-order valence-electron chi connectivity index (χ2n) is 5.36. The van der Waals surface area contributed by atoms with Gasteiger partial charge in [-0.2, -0.15) is 11.8 Å². The van der Waals surface area contributed by atoms with E-state index in [1.165, 1.54) is 11.6 Å². The van der Waals surface area contributed by atoms with E-state index in [-0.39, 0.29) is 0 Å². The Labute approximate surface area is 124 Å². The van der Waals surface area contributed by atoms with Crippen LogP contribution in [0.2, 0.25) is 0 Å². The lowest BCUT2D eigenvalue weighted by molar-refractivity contribution is -0.131. The predicted molar refractivity (Wildman–Crippen MR) is 84.9 cm³/mol. The third-order valence-corrected chi connectivity index (χ3v) is 4.53. The van der Waals surface area contributed by atoms with E-state index in [4.69, 9.17) is 5.11 Å². The quantitative estimate of drug-likeness (QED) is 0.865. The molecule has 1 aromatic rings. The van der Waals surface area contributed by atoms with Crippen LogP contribution in [0.15, 0.2) is 30.3 Å². The molecule has 1 saturated heterocycles. The number of benzene rings is 1. The average Bonchev–Trinajstić information content (AvgIpc) is 2.36. The molecule has 1 aromatic carbocycles. The van der Waals surface area contributed by atoms with Gasteiger partial charge in [-0.3, -0.25) is 4.90 Å². The zero-order valence-corrected chi connectivity index (χ0v) is 12.8. The first-order chi connectivity index (χ1) is 9.52. The van der Waals surface area contributed by atoms with Crippen molar-refractivity contribution in [2.24, 2.45) is 0 Å². The van der Waals surface area contributed by atoms with Crippen LogP contribution in [-0.2, 0) is 11.3 Å². The molecule has 3 nitrogen and oxygen atoms in total. The number of carboxylic acid groups (broad SMARTS) is 1. The van der Waals surface area contributed by atoms with Crippen LogP contribution in [0.25, 0.3) is 6.08 Å². The van der Waals surface area contributed by atoms with Crippen LogP contribution in [0.1, 0.15) is 25.0 Å². The van der Waals surface area contributed by atoms with Crippen molar-refractivity contribution in [3.8, 4) is 0 Å². The monoisotopic (exact) mass is 291 g/mol. The first-order valence-electron chi connectivity index (χ1n) is 6.90. The fraction of sp³-hybridized carbons (Fsp3) is 0.438. The Balaban J connectivity index is 1.95. The summed E-state index contributed by atoms with van der Waals surface area (Å²) in [5, 5.41) is 9.98. The Kier molecular flexibility index (Phi) is 5.26. The van der Waals surface area contributed by atoms with Crippen LogP contribution in [0.5, 0.6) is 0 Å². The fourth-order valence-electron chi connectivity index (χ4n) is 2.57. The van der Waals surface area contributed by atoms with Gasteiger partial charge in [0.1, 0.15) is 0 Å². The Hall–Kier alpha value is -1.26. The summed E-state index contributed by atoms with van der Waals surface area (Å²) in [6.45, 7) is 7.81. The van der Waals surface area contributed by atoms with Crippen LogP contribution >= 0.6 is 11.8 Å². The Morgan fingerprint density at radius 3 is 2.45 bits per heavy atom. The van der Waals surface area contributed by atoms with Gasteiger partial charge in [0.2, 0.25) is 0 Å². The largest absolute Gasteiger partial charge is 0.478 e. The third-order valence-electron chi connectivity index (χ3n) is 3.30. The summed E-state index contributed by atoms with van der Waals surface area (Å²) in [7, 11) is 0. The summed E-state index contributed by atoms with van der Waals surface area (Å²) in [6, 6.07) is 8.11. The highest BCUT2D eigenvalue weighted by Crippen LogP contribution is 2.25. The lowest BCUT2D eigenvalue weighted by atomic mass is 10.1. The molecule has 1 heterocycles. The SMILES string of the molecule is CC1CN(Cc2ccc(C=CC(=O)O)cc2)CC(C)S1. The van der Waals surface area contributed by atoms with Gasteiger partial charge in [-0.05, 0) is 17.2 Å². The van der Waals surface area contributed by atoms with Gasteiger partial charge in [0.25, 0.3) is 0 Å². The van der Waals surface area contributed by atoms with Gasteiger partial charge >= 0.3 is 5.97 Å². The first kappa shape index (κ1) is 15.1. The summed E-state index contributed by atoms with van der Waals surface area (Å²) in [4.78, 5) is 13.0. The molecule has 0 bridgehead atoms. The number of nitrogens with zero attached hydrogens (tertiary/aromatic N) is 1. The van der Waals surface area contributed by atoms with Crippen molar-refractivity contribution in [3.63, 3.8) is 0 Å². The molecule has 0 amide bonds. The molecule has 0 aliphatic carbocycles. The lowest BCUT2D eigenvalue weighted by Gasteiger charge is -2.34. The third kappa shape index (κ3) is 4.69. The van der Waals surface area contributed by atoms with Crippen LogP contribution < -0.4 is 0 Å². The molecular weight excluding hydrogens is 270 g/mol. The van der Waals surface area contributed by atoms with E-state index in [1.807, 2.05) is 12.1 Å². The molecule has 1 aliphatic rings. The molecule has 1 N–H and O–H groups in total. The van der Waals surface area contributed by atoms with Gasteiger partial charge in [-0.1, -0.05) is 38.1 Å². The normalized spacial score (nSPS) is 24.1. The van der Waals surface area contributed by atoms with E-state index < -0.39 is 5.97 Å². The van der Waals surface area contributed by atoms with Crippen LogP contribution in [0.4, 0.5) is 0 Å². The first-order valence-corrected chi connectivity index (χ1v) is 7.85. The van der Waals surface area contributed by atoms with Gasteiger partial charge in [-0.25, -0.2) is 4.79 Å². The van der Waals surface area contributed by atoms with E-state index in [2.05, 4.69) is 42.6 Å². The molecule has 2 atom stereocenters. The smallest absolute Gasteiger partial charge is 0.328 e. The molecular formula is C16H21NO2S. The Morgan fingerprint density at radius 1 is 1.30 bits per heavy atom. The molecule has 0 spiro atoms. The van der Waals surface area contributed by atoms with Gasteiger partial charge < -0.3 is 5.11 Å². The van der Waals surface area contributed by atoms with Gasteiger partial charge in [0, 0.05) is 36.2 Å². The molecule has 4 heteroatoms. The molecule has 108 valence electrons. The molecule has 2 unspecified atom stereocenters. The summed E-state index contributed by atoms with van der Waals surface area (Å²) in [5.41, 5.74) is 2.20. The maximum Gasteiger partial charge on any atom is 0.328 e. The molecule has 1 aliphatic heterocycles. The Bertz CT molecular complexity index is 474. The van der Waals surface area contributed by atoms with E-state index in [9.17, 15) is 4.79 Å². The highest BCUT2D eigenvalue weighted by atomic mass is 32.2.